The Labute approximate surface area is 134 Å². The molecular weight excluding hydrogens is 274 g/mol. The zero-order chi connectivity index (χ0) is 15.8. The van der Waals surface area contributed by atoms with Crippen LogP contribution in [0, 0.1) is 12.8 Å². The third-order valence-electron chi connectivity index (χ3n) is 4.00. The van der Waals surface area contributed by atoms with Crippen LogP contribution in [0.1, 0.15) is 24.5 Å². The fourth-order valence-corrected chi connectivity index (χ4v) is 2.83. The molecule has 1 atom stereocenters. The van der Waals surface area contributed by atoms with E-state index >= 15 is 0 Å². The Hall–Kier alpha value is -1.55. The minimum absolute atomic E-state index is 0.630. The van der Waals surface area contributed by atoms with Crippen molar-refractivity contribution >= 4 is 5.96 Å². The van der Waals surface area contributed by atoms with Crippen LogP contribution in [0.4, 0.5) is 0 Å². The number of aryl methyl sites for hydroxylation is 1. The van der Waals surface area contributed by atoms with Crippen molar-refractivity contribution in [3.05, 3.63) is 35.4 Å². The third kappa shape index (κ3) is 5.34. The van der Waals surface area contributed by atoms with Crippen molar-refractivity contribution in [1.29, 1.82) is 0 Å². The first-order valence-corrected chi connectivity index (χ1v) is 8.31. The summed E-state index contributed by atoms with van der Waals surface area (Å²) in [6, 6.07) is 8.66. The highest BCUT2D eigenvalue weighted by Gasteiger charge is 2.18. The molecule has 2 rings (SSSR count). The van der Waals surface area contributed by atoms with Crippen molar-refractivity contribution in [3.63, 3.8) is 0 Å². The number of aliphatic imine (C=N–C) groups is 1. The molecule has 0 aromatic heterocycles. The maximum absolute atomic E-state index is 5.46. The van der Waals surface area contributed by atoms with Gasteiger partial charge in [0.25, 0.3) is 0 Å². The zero-order valence-corrected chi connectivity index (χ0v) is 14.1. The highest BCUT2D eigenvalue weighted by atomic mass is 16.5. The van der Waals surface area contributed by atoms with E-state index in [0.29, 0.717) is 5.92 Å². The van der Waals surface area contributed by atoms with Crippen LogP contribution in [0.5, 0.6) is 0 Å². The summed E-state index contributed by atoms with van der Waals surface area (Å²) in [5.41, 5.74) is 2.66. The molecule has 4 nitrogen and oxygen atoms in total. The number of nitrogens with one attached hydrogen (secondary N) is 1. The van der Waals surface area contributed by atoms with Crippen LogP contribution < -0.4 is 5.32 Å². The molecule has 1 aliphatic heterocycles. The molecule has 1 fully saturated rings. The van der Waals surface area contributed by atoms with Crippen LogP contribution in [0.3, 0.4) is 0 Å². The van der Waals surface area contributed by atoms with Crippen molar-refractivity contribution in [2.75, 3.05) is 39.9 Å². The van der Waals surface area contributed by atoms with E-state index in [-0.39, 0.29) is 0 Å². The smallest absolute Gasteiger partial charge is 0.193 e. The molecule has 1 aromatic rings. The predicted octanol–water partition coefficient (Wildman–Crippen LogP) is 2.47. The van der Waals surface area contributed by atoms with Gasteiger partial charge in [0.1, 0.15) is 0 Å². The van der Waals surface area contributed by atoms with Crippen LogP contribution >= 0.6 is 0 Å². The molecule has 22 heavy (non-hydrogen) atoms. The van der Waals surface area contributed by atoms with E-state index in [1.54, 1.807) is 0 Å². The quantitative estimate of drug-likeness (QED) is 0.648. The highest BCUT2D eigenvalue weighted by molar-refractivity contribution is 5.79. The molecule has 0 radical (unpaired) electrons. The Morgan fingerprint density at radius 3 is 3.00 bits per heavy atom. The molecule has 0 amide bonds. The van der Waals surface area contributed by atoms with Crippen molar-refractivity contribution in [3.8, 4) is 0 Å². The standard InChI is InChI=1S/C18H29N3O/c1-4-19-18(21(3)13-17-9-11-22-14-17)20-10-8-16-7-5-6-15(2)12-16/h5-7,12,17H,4,8-11,13-14H2,1-3H3,(H,19,20). The van der Waals surface area contributed by atoms with Gasteiger partial charge in [-0.15, -0.1) is 0 Å². The lowest BCUT2D eigenvalue weighted by atomic mass is 10.1. The van der Waals surface area contributed by atoms with Crippen LogP contribution in [0.2, 0.25) is 0 Å². The molecule has 1 heterocycles. The van der Waals surface area contributed by atoms with Gasteiger partial charge in [-0.2, -0.15) is 0 Å². The summed E-state index contributed by atoms with van der Waals surface area (Å²) in [6.07, 6.45) is 2.14. The Morgan fingerprint density at radius 1 is 1.45 bits per heavy atom. The van der Waals surface area contributed by atoms with Crippen LogP contribution in [-0.4, -0.2) is 50.8 Å². The topological polar surface area (TPSA) is 36.9 Å². The van der Waals surface area contributed by atoms with Crippen LogP contribution in [0.25, 0.3) is 0 Å². The fraction of sp³-hybridized carbons (Fsp3) is 0.611. The van der Waals surface area contributed by atoms with Crippen molar-refractivity contribution < 1.29 is 4.74 Å². The number of benzene rings is 1. The van der Waals surface area contributed by atoms with Gasteiger partial charge in [0.2, 0.25) is 0 Å². The molecule has 0 bridgehead atoms. The summed E-state index contributed by atoms with van der Waals surface area (Å²) < 4.78 is 5.46. The van der Waals surface area contributed by atoms with E-state index in [1.165, 1.54) is 11.1 Å². The SMILES string of the molecule is CCNC(=NCCc1cccc(C)c1)N(C)CC1CCOC1. The summed E-state index contributed by atoms with van der Waals surface area (Å²) in [4.78, 5) is 7.01. The summed E-state index contributed by atoms with van der Waals surface area (Å²) in [5.74, 6) is 1.63. The molecule has 1 aromatic carbocycles. The molecule has 0 spiro atoms. The largest absolute Gasteiger partial charge is 0.381 e. The van der Waals surface area contributed by atoms with Crippen molar-refractivity contribution in [2.24, 2.45) is 10.9 Å². The number of rotatable bonds is 6. The molecular formula is C18H29N3O. The molecule has 1 aliphatic rings. The van der Waals surface area contributed by atoms with E-state index < -0.39 is 0 Å². The Balaban J connectivity index is 1.88. The number of nitrogens with zero attached hydrogens (tertiary/aromatic N) is 2. The van der Waals surface area contributed by atoms with Gasteiger partial charge in [-0.1, -0.05) is 29.8 Å². The van der Waals surface area contributed by atoms with E-state index in [4.69, 9.17) is 9.73 Å². The number of hydrogen-bond donors (Lipinski definition) is 1. The normalized spacial score (nSPS) is 18.5. The lowest BCUT2D eigenvalue weighted by Crippen LogP contribution is -2.41. The Bertz CT molecular complexity index is 481. The zero-order valence-electron chi connectivity index (χ0n) is 14.1. The molecule has 1 N–H and O–H groups in total. The van der Waals surface area contributed by atoms with Gasteiger partial charge in [0.05, 0.1) is 6.61 Å². The second-order valence-corrected chi connectivity index (χ2v) is 6.08. The first kappa shape index (κ1) is 16.8. The average Bonchev–Trinajstić information content (AvgIpc) is 2.99. The second kappa shape index (κ2) is 8.79. The second-order valence-electron chi connectivity index (χ2n) is 6.08. The fourth-order valence-electron chi connectivity index (χ4n) is 2.83. The summed E-state index contributed by atoms with van der Waals surface area (Å²) in [6.45, 7) is 8.76. The van der Waals surface area contributed by atoms with Crippen LogP contribution in [0.15, 0.2) is 29.3 Å². The van der Waals surface area contributed by atoms with Crippen molar-refractivity contribution in [1.82, 2.24) is 10.2 Å². The lowest BCUT2D eigenvalue weighted by Gasteiger charge is -2.24. The van der Waals surface area contributed by atoms with Gasteiger partial charge in [0.15, 0.2) is 5.96 Å². The average molecular weight is 303 g/mol. The predicted molar refractivity (Wildman–Crippen MR) is 92.4 cm³/mol. The van der Waals surface area contributed by atoms with Crippen LogP contribution in [-0.2, 0) is 11.2 Å². The minimum atomic E-state index is 0.630. The number of ether oxygens (including phenoxy) is 1. The van der Waals surface area contributed by atoms with Gasteiger partial charge in [-0.3, -0.25) is 4.99 Å². The van der Waals surface area contributed by atoms with E-state index in [2.05, 4.69) is 55.4 Å². The maximum atomic E-state index is 5.46. The molecule has 1 unspecified atom stereocenters. The summed E-state index contributed by atoms with van der Waals surface area (Å²) in [7, 11) is 2.12. The maximum Gasteiger partial charge on any atom is 0.193 e. The van der Waals surface area contributed by atoms with E-state index in [0.717, 1.165) is 51.6 Å². The van der Waals surface area contributed by atoms with Gasteiger partial charge >= 0.3 is 0 Å². The number of hydrogen-bond acceptors (Lipinski definition) is 2. The summed E-state index contributed by atoms with van der Waals surface area (Å²) in [5, 5.41) is 3.39. The van der Waals surface area contributed by atoms with Gasteiger partial charge in [0, 0.05) is 39.2 Å². The van der Waals surface area contributed by atoms with E-state index in [1.807, 2.05) is 0 Å². The number of guanidine groups is 1. The monoisotopic (exact) mass is 303 g/mol. The first-order valence-electron chi connectivity index (χ1n) is 8.31. The minimum Gasteiger partial charge on any atom is -0.381 e. The molecule has 0 saturated carbocycles. The highest BCUT2D eigenvalue weighted by Crippen LogP contribution is 2.13. The Kier molecular flexibility index (Phi) is 6.72. The van der Waals surface area contributed by atoms with Gasteiger partial charge in [-0.25, -0.2) is 0 Å². The molecule has 122 valence electrons. The molecule has 1 saturated heterocycles. The summed E-state index contributed by atoms with van der Waals surface area (Å²) >= 11 is 0. The third-order valence-corrected chi connectivity index (χ3v) is 4.00. The van der Waals surface area contributed by atoms with E-state index in [9.17, 15) is 0 Å². The molecule has 4 heteroatoms. The molecule has 0 aliphatic carbocycles. The van der Waals surface area contributed by atoms with Gasteiger partial charge < -0.3 is 15.0 Å². The first-order chi connectivity index (χ1) is 10.7. The van der Waals surface area contributed by atoms with Gasteiger partial charge in [-0.05, 0) is 32.3 Å². The Morgan fingerprint density at radius 2 is 2.32 bits per heavy atom. The van der Waals surface area contributed by atoms with Crippen molar-refractivity contribution in [2.45, 2.75) is 26.7 Å². The lowest BCUT2D eigenvalue weighted by molar-refractivity contribution is 0.181.